The third kappa shape index (κ3) is 3.68. The summed E-state index contributed by atoms with van der Waals surface area (Å²) in [5, 5.41) is 12.6. The Hall–Kier alpha value is -2.51. The lowest BCUT2D eigenvalue weighted by Crippen LogP contribution is -2.33. The van der Waals surface area contributed by atoms with Crippen LogP contribution in [0.5, 0.6) is 0 Å². The first kappa shape index (κ1) is 16.9. The number of hydrogen-bond acceptors (Lipinski definition) is 5. The molecular weight excluding hydrogens is 328 g/mol. The number of nitrogens with one attached hydrogen (secondary N) is 1. The van der Waals surface area contributed by atoms with Crippen LogP contribution in [0.1, 0.15) is 30.4 Å². The number of nitrogens with zero attached hydrogens (tertiary/aromatic N) is 5. The molecule has 4 rings (SSSR count). The molecule has 0 spiro atoms. The van der Waals surface area contributed by atoms with E-state index in [-0.39, 0.29) is 6.04 Å². The highest BCUT2D eigenvalue weighted by Gasteiger charge is 2.28. The summed E-state index contributed by atoms with van der Waals surface area (Å²) in [6, 6.07) is 10.1. The number of para-hydroxylation sites is 1. The molecule has 7 heteroatoms. The third-order valence-electron chi connectivity index (χ3n) is 4.90. The van der Waals surface area contributed by atoms with Crippen LogP contribution >= 0.6 is 0 Å². The van der Waals surface area contributed by atoms with Gasteiger partial charge in [0.25, 0.3) is 0 Å². The summed E-state index contributed by atoms with van der Waals surface area (Å²) in [7, 11) is 2.04. The Morgan fingerprint density at radius 2 is 2.04 bits per heavy atom. The van der Waals surface area contributed by atoms with Crippen molar-refractivity contribution in [3.63, 3.8) is 0 Å². The standard InChI is InChI=1S/C19H24N6O/c1-24-10-9-20-19(24)18(15-7-11-26-12-8-15)21-13-16-14-22-25(23-16)17-5-3-2-4-6-17/h2-6,9-10,14-15,18,21H,7-8,11-13H2,1H3/t18-/m0/s1. The van der Waals surface area contributed by atoms with E-state index in [1.54, 1.807) is 4.80 Å². The van der Waals surface area contributed by atoms with Crippen LogP contribution in [0.2, 0.25) is 0 Å². The highest BCUT2D eigenvalue weighted by atomic mass is 16.5. The lowest BCUT2D eigenvalue weighted by molar-refractivity contribution is 0.0517. The Morgan fingerprint density at radius 3 is 2.77 bits per heavy atom. The van der Waals surface area contributed by atoms with Gasteiger partial charge in [-0.15, -0.1) is 0 Å². The molecule has 0 bridgehead atoms. The summed E-state index contributed by atoms with van der Waals surface area (Å²) in [5.74, 6) is 1.57. The minimum Gasteiger partial charge on any atom is -0.381 e. The second-order valence-electron chi connectivity index (χ2n) is 6.67. The predicted molar refractivity (Wildman–Crippen MR) is 97.7 cm³/mol. The number of imidazole rings is 1. The first-order chi connectivity index (χ1) is 12.8. The molecule has 7 nitrogen and oxygen atoms in total. The molecular formula is C19H24N6O. The van der Waals surface area contributed by atoms with E-state index in [9.17, 15) is 0 Å². The van der Waals surface area contributed by atoms with Gasteiger partial charge in [0, 0.05) is 39.2 Å². The van der Waals surface area contributed by atoms with Gasteiger partial charge in [0.2, 0.25) is 0 Å². The molecule has 3 aromatic rings. The average molecular weight is 352 g/mol. The van der Waals surface area contributed by atoms with Crippen molar-refractivity contribution in [1.82, 2.24) is 29.9 Å². The maximum atomic E-state index is 5.53. The third-order valence-corrected chi connectivity index (χ3v) is 4.90. The van der Waals surface area contributed by atoms with Crippen LogP contribution in [-0.2, 0) is 18.3 Å². The van der Waals surface area contributed by atoms with Gasteiger partial charge in [-0.1, -0.05) is 18.2 Å². The van der Waals surface area contributed by atoms with Crippen LogP contribution in [-0.4, -0.2) is 37.8 Å². The van der Waals surface area contributed by atoms with Gasteiger partial charge in [-0.2, -0.15) is 15.0 Å². The molecule has 0 unspecified atom stereocenters. The molecule has 0 aliphatic carbocycles. The van der Waals surface area contributed by atoms with E-state index in [4.69, 9.17) is 4.74 Å². The minimum atomic E-state index is 0.181. The Morgan fingerprint density at radius 1 is 1.23 bits per heavy atom. The van der Waals surface area contributed by atoms with Crippen LogP contribution in [0.15, 0.2) is 48.9 Å². The number of ether oxygens (including phenoxy) is 1. The molecule has 1 fully saturated rings. The zero-order chi connectivity index (χ0) is 17.8. The Balaban J connectivity index is 1.48. The van der Waals surface area contributed by atoms with Gasteiger partial charge in [0.15, 0.2) is 0 Å². The molecule has 1 aromatic carbocycles. The fraction of sp³-hybridized carbons (Fsp3) is 0.421. The predicted octanol–water partition coefficient (Wildman–Crippen LogP) is 2.26. The second kappa shape index (κ2) is 7.80. The monoisotopic (exact) mass is 352 g/mol. The lowest BCUT2D eigenvalue weighted by atomic mass is 9.91. The summed E-state index contributed by atoms with van der Waals surface area (Å²) in [6.45, 7) is 2.29. The number of aryl methyl sites for hydroxylation is 1. The van der Waals surface area contributed by atoms with E-state index in [0.717, 1.165) is 43.3 Å². The van der Waals surface area contributed by atoms with E-state index in [0.29, 0.717) is 12.5 Å². The van der Waals surface area contributed by atoms with Crippen molar-refractivity contribution in [3.8, 4) is 5.69 Å². The quantitative estimate of drug-likeness (QED) is 0.737. The van der Waals surface area contributed by atoms with Gasteiger partial charge in [-0.3, -0.25) is 0 Å². The Labute approximate surface area is 153 Å². The number of aromatic nitrogens is 5. The van der Waals surface area contributed by atoms with Crippen molar-refractivity contribution in [2.24, 2.45) is 13.0 Å². The Bertz CT molecular complexity index is 821. The van der Waals surface area contributed by atoms with Crippen molar-refractivity contribution < 1.29 is 4.74 Å². The first-order valence-corrected chi connectivity index (χ1v) is 9.06. The maximum Gasteiger partial charge on any atom is 0.125 e. The minimum absolute atomic E-state index is 0.181. The maximum absolute atomic E-state index is 5.53. The average Bonchev–Trinajstić information content (AvgIpc) is 3.33. The molecule has 0 radical (unpaired) electrons. The summed E-state index contributed by atoms with van der Waals surface area (Å²) < 4.78 is 7.62. The largest absolute Gasteiger partial charge is 0.381 e. The molecule has 1 aliphatic heterocycles. The fourth-order valence-corrected chi connectivity index (χ4v) is 3.47. The highest BCUT2D eigenvalue weighted by molar-refractivity contribution is 5.28. The van der Waals surface area contributed by atoms with E-state index in [1.807, 2.05) is 56.0 Å². The van der Waals surface area contributed by atoms with E-state index in [2.05, 4.69) is 25.1 Å². The van der Waals surface area contributed by atoms with Gasteiger partial charge in [-0.25, -0.2) is 4.98 Å². The van der Waals surface area contributed by atoms with Crippen molar-refractivity contribution in [3.05, 3.63) is 60.4 Å². The molecule has 26 heavy (non-hydrogen) atoms. The van der Waals surface area contributed by atoms with Gasteiger partial charge >= 0.3 is 0 Å². The molecule has 0 saturated carbocycles. The van der Waals surface area contributed by atoms with Crippen LogP contribution in [0.3, 0.4) is 0 Å². The molecule has 1 saturated heterocycles. The first-order valence-electron chi connectivity index (χ1n) is 9.06. The van der Waals surface area contributed by atoms with E-state index in [1.165, 1.54) is 0 Å². The second-order valence-corrected chi connectivity index (χ2v) is 6.67. The zero-order valence-corrected chi connectivity index (χ0v) is 15.0. The van der Waals surface area contributed by atoms with Gasteiger partial charge < -0.3 is 14.6 Å². The van der Waals surface area contributed by atoms with Gasteiger partial charge in [-0.05, 0) is 30.9 Å². The molecule has 0 amide bonds. The van der Waals surface area contributed by atoms with Gasteiger partial charge in [0.1, 0.15) is 5.82 Å². The summed E-state index contributed by atoms with van der Waals surface area (Å²) >= 11 is 0. The van der Waals surface area contributed by atoms with Crippen molar-refractivity contribution in [1.29, 1.82) is 0 Å². The number of rotatable bonds is 6. The smallest absolute Gasteiger partial charge is 0.125 e. The number of benzene rings is 1. The molecule has 1 aliphatic rings. The summed E-state index contributed by atoms with van der Waals surface area (Å²) in [6.07, 6.45) is 7.76. The SMILES string of the molecule is Cn1ccnc1[C@@H](NCc1cnn(-c2ccccc2)n1)C1CCOCC1. The summed E-state index contributed by atoms with van der Waals surface area (Å²) in [5.41, 5.74) is 1.88. The lowest BCUT2D eigenvalue weighted by Gasteiger charge is -2.30. The molecule has 1 N–H and O–H groups in total. The van der Waals surface area contributed by atoms with Crippen LogP contribution < -0.4 is 5.32 Å². The Kier molecular flexibility index (Phi) is 5.08. The number of hydrogen-bond donors (Lipinski definition) is 1. The highest BCUT2D eigenvalue weighted by Crippen LogP contribution is 2.29. The molecule has 3 heterocycles. The van der Waals surface area contributed by atoms with Crippen LogP contribution in [0.4, 0.5) is 0 Å². The zero-order valence-electron chi connectivity index (χ0n) is 15.0. The van der Waals surface area contributed by atoms with E-state index >= 15 is 0 Å². The van der Waals surface area contributed by atoms with Crippen molar-refractivity contribution >= 4 is 0 Å². The fourth-order valence-electron chi connectivity index (χ4n) is 3.47. The topological polar surface area (TPSA) is 69.8 Å². The summed E-state index contributed by atoms with van der Waals surface area (Å²) in [4.78, 5) is 6.24. The molecule has 1 atom stereocenters. The molecule has 2 aromatic heterocycles. The van der Waals surface area contributed by atoms with Crippen LogP contribution in [0.25, 0.3) is 5.69 Å². The van der Waals surface area contributed by atoms with Crippen LogP contribution in [0, 0.1) is 5.92 Å². The van der Waals surface area contributed by atoms with E-state index < -0.39 is 0 Å². The van der Waals surface area contributed by atoms with Crippen molar-refractivity contribution in [2.45, 2.75) is 25.4 Å². The van der Waals surface area contributed by atoms with Crippen molar-refractivity contribution in [2.75, 3.05) is 13.2 Å². The normalized spacial score (nSPS) is 16.7. The van der Waals surface area contributed by atoms with Gasteiger partial charge in [0.05, 0.1) is 23.6 Å². The molecule has 136 valence electrons.